The van der Waals surface area contributed by atoms with Crippen LogP contribution in [0.1, 0.15) is 18.4 Å². The maximum Gasteiger partial charge on any atom is 0.246 e. The van der Waals surface area contributed by atoms with E-state index in [4.69, 9.17) is 4.74 Å². The van der Waals surface area contributed by atoms with Gasteiger partial charge in [0.25, 0.3) is 0 Å². The summed E-state index contributed by atoms with van der Waals surface area (Å²) in [5, 5.41) is 9.41. The quantitative estimate of drug-likeness (QED) is 0.682. The zero-order valence-electron chi connectivity index (χ0n) is 12.2. The minimum absolute atomic E-state index is 0.00119. The van der Waals surface area contributed by atoms with Crippen molar-refractivity contribution in [3.63, 3.8) is 0 Å². The highest BCUT2D eigenvalue weighted by molar-refractivity contribution is 5.88. The molecule has 0 atom stereocenters. The van der Waals surface area contributed by atoms with Crippen LogP contribution in [0.4, 0.5) is 0 Å². The van der Waals surface area contributed by atoms with E-state index in [1.807, 2.05) is 36.4 Å². The summed E-state index contributed by atoms with van der Waals surface area (Å²) < 4.78 is 5.09. The second kappa shape index (κ2) is 7.64. The van der Waals surface area contributed by atoms with E-state index in [-0.39, 0.29) is 12.0 Å². The van der Waals surface area contributed by atoms with Crippen molar-refractivity contribution in [2.75, 3.05) is 20.2 Å². The molecule has 1 N–H and O–H groups in total. The van der Waals surface area contributed by atoms with Crippen LogP contribution in [-0.2, 0) is 4.79 Å². The van der Waals surface area contributed by atoms with E-state index in [0.29, 0.717) is 25.9 Å². The molecule has 1 fully saturated rings. The molecular formula is C17H21NO3. The first-order chi connectivity index (χ1) is 10.2. The lowest BCUT2D eigenvalue weighted by Gasteiger charge is -2.28. The number of hydrogen-bond acceptors (Lipinski definition) is 3. The Balaban J connectivity index is 1.83. The van der Waals surface area contributed by atoms with Gasteiger partial charge in [0.05, 0.1) is 13.2 Å². The molecule has 1 aliphatic rings. The number of allylic oxidation sites excluding steroid dienone is 2. The Bertz CT molecular complexity index is 511. The van der Waals surface area contributed by atoms with E-state index in [2.05, 4.69) is 0 Å². The van der Waals surface area contributed by atoms with Crippen molar-refractivity contribution in [3.8, 4) is 5.75 Å². The van der Waals surface area contributed by atoms with E-state index in [1.54, 1.807) is 24.2 Å². The van der Waals surface area contributed by atoms with Gasteiger partial charge in [-0.1, -0.05) is 30.4 Å². The van der Waals surface area contributed by atoms with Crippen LogP contribution < -0.4 is 4.74 Å². The van der Waals surface area contributed by atoms with Crippen LogP contribution in [0.5, 0.6) is 5.75 Å². The molecule has 112 valence electrons. The van der Waals surface area contributed by atoms with Crippen molar-refractivity contribution in [1.29, 1.82) is 0 Å². The summed E-state index contributed by atoms with van der Waals surface area (Å²) in [5.41, 5.74) is 1.05. The fourth-order valence-electron chi connectivity index (χ4n) is 2.21. The van der Waals surface area contributed by atoms with Gasteiger partial charge in [0.1, 0.15) is 5.75 Å². The van der Waals surface area contributed by atoms with E-state index in [9.17, 15) is 9.90 Å². The Morgan fingerprint density at radius 3 is 2.52 bits per heavy atom. The normalized spacial score (nSPS) is 16.8. The van der Waals surface area contributed by atoms with Gasteiger partial charge in [-0.25, -0.2) is 0 Å². The molecule has 0 spiro atoms. The minimum atomic E-state index is -0.256. The standard InChI is InChI=1S/C17H21NO3/c1-21-16-8-6-14(7-9-16)4-2-3-5-17(20)18-12-10-15(19)11-13-18/h2-9,15,19H,10-13H2,1H3/b4-2+,5-3+. The molecule has 4 heteroatoms. The van der Waals surface area contributed by atoms with Gasteiger partial charge in [-0.05, 0) is 30.5 Å². The highest BCUT2D eigenvalue weighted by atomic mass is 16.5. The summed E-state index contributed by atoms with van der Waals surface area (Å²) in [6.07, 6.45) is 8.17. The Morgan fingerprint density at radius 2 is 1.90 bits per heavy atom. The monoisotopic (exact) mass is 287 g/mol. The molecule has 1 aromatic rings. The third-order valence-electron chi connectivity index (χ3n) is 3.53. The third kappa shape index (κ3) is 4.76. The molecule has 1 amide bonds. The van der Waals surface area contributed by atoms with Crippen molar-refractivity contribution < 1.29 is 14.6 Å². The number of carbonyl (C=O) groups is 1. The first-order valence-electron chi connectivity index (χ1n) is 7.15. The number of nitrogens with zero attached hydrogens (tertiary/aromatic N) is 1. The van der Waals surface area contributed by atoms with Crippen molar-refractivity contribution in [3.05, 3.63) is 48.1 Å². The van der Waals surface area contributed by atoms with Crippen LogP contribution >= 0.6 is 0 Å². The average Bonchev–Trinajstić information content (AvgIpc) is 2.52. The molecule has 0 bridgehead atoms. The molecule has 1 aromatic carbocycles. The van der Waals surface area contributed by atoms with Crippen molar-refractivity contribution in [1.82, 2.24) is 4.90 Å². The van der Waals surface area contributed by atoms with Crippen molar-refractivity contribution >= 4 is 12.0 Å². The Hall–Kier alpha value is -2.07. The molecule has 0 unspecified atom stereocenters. The SMILES string of the molecule is COc1ccc(/C=C/C=C/C(=O)N2CCC(O)CC2)cc1. The van der Waals surface area contributed by atoms with Crippen molar-refractivity contribution in [2.45, 2.75) is 18.9 Å². The van der Waals surface area contributed by atoms with E-state index < -0.39 is 0 Å². The van der Waals surface area contributed by atoms with Gasteiger partial charge < -0.3 is 14.7 Å². The topological polar surface area (TPSA) is 49.8 Å². The number of piperidine rings is 1. The summed E-state index contributed by atoms with van der Waals surface area (Å²) in [6.45, 7) is 1.26. The summed E-state index contributed by atoms with van der Waals surface area (Å²) in [7, 11) is 1.64. The maximum absolute atomic E-state index is 11.9. The van der Waals surface area contributed by atoms with Gasteiger partial charge in [0, 0.05) is 19.2 Å². The summed E-state index contributed by atoms with van der Waals surface area (Å²) in [5.74, 6) is 0.825. The van der Waals surface area contributed by atoms with E-state index >= 15 is 0 Å². The highest BCUT2D eigenvalue weighted by Gasteiger charge is 2.19. The van der Waals surface area contributed by atoms with Crippen LogP contribution in [0.25, 0.3) is 6.08 Å². The molecule has 4 nitrogen and oxygen atoms in total. The van der Waals surface area contributed by atoms with Crippen molar-refractivity contribution in [2.24, 2.45) is 0 Å². The number of aliphatic hydroxyl groups is 1. The summed E-state index contributed by atoms with van der Waals surface area (Å²) in [4.78, 5) is 13.7. The van der Waals surface area contributed by atoms with Crippen LogP contribution in [0.15, 0.2) is 42.5 Å². The van der Waals surface area contributed by atoms with Crippen LogP contribution in [0, 0.1) is 0 Å². The molecule has 1 heterocycles. The smallest absolute Gasteiger partial charge is 0.246 e. The molecule has 0 aromatic heterocycles. The lowest BCUT2D eigenvalue weighted by atomic mass is 10.1. The molecule has 2 rings (SSSR count). The number of rotatable bonds is 4. The molecule has 0 saturated carbocycles. The fourth-order valence-corrected chi connectivity index (χ4v) is 2.21. The largest absolute Gasteiger partial charge is 0.497 e. The van der Waals surface area contributed by atoms with Gasteiger partial charge in [0.15, 0.2) is 0 Å². The lowest BCUT2D eigenvalue weighted by Crippen LogP contribution is -2.39. The zero-order valence-corrected chi connectivity index (χ0v) is 12.2. The Kier molecular flexibility index (Phi) is 5.58. The molecular weight excluding hydrogens is 266 g/mol. The summed E-state index contributed by atoms with van der Waals surface area (Å²) >= 11 is 0. The van der Waals surface area contributed by atoms with Gasteiger partial charge >= 0.3 is 0 Å². The predicted molar refractivity (Wildman–Crippen MR) is 83.0 cm³/mol. The number of benzene rings is 1. The number of likely N-dealkylation sites (tertiary alicyclic amines) is 1. The molecule has 1 saturated heterocycles. The maximum atomic E-state index is 11.9. The van der Waals surface area contributed by atoms with Gasteiger partial charge in [-0.3, -0.25) is 4.79 Å². The van der Waals surface area contributed by atoms with Crippen LogP contribution in [-0.4, -0.2) is 42.2 Å². The number of amides is 1. The molecule has 0 radical (unpaired) electrons. The number of aliphatic hydroxyl groups excluding tert-OH is 1. The van der Waals surface area contributed by atoms with E-state index in [1.165, 1.54) is 0 Å². The zero-order chi connectivity index (χ0) is 15.1. The fraction of sp³-hybridized carbons (Fsp3) is 0.353. The first-order valence-corrected chi connectivity index (χ1v) is 7.15. The van der Waals surface area contributed by atoms with Gasteiger partial charge in [0.2, 0.25) is 5.91 Å². The molecule has 1 aliphatic heterocycles. The van der Waals surface area contributed by atoms with Crippen LogP contribution in [0.3, 0.4) is 0 Å². The van der Waals surface area contributed by atoms with E-state index in [0.717, 1.165) is 11.3 Å². The first kappa shape index (κ1) is 15.3. The molecule has 0 aliphatic carbocycles. The number of hydrogen-bond donors (Lipinski definition) is 1. The number of methoxy groups -OCH3 is 1. The van der Waals surface area contributed by atoms with Gasteiger partial charge in [-0.2, -0.15) is 0 Å². The Morgan fingerprint density at radius 1 is 1.24 bits per heavy atom. The highest BCUT2D eigenvalue weighted by Crippen LogP contribution is 2.12. The number of ether oxygens (including phenoxy) is 1. The third-order valence-corrected chi connectivity index (χ3v) is 3.53. The molecule has 21 heavy (non-hydrogen) atoms. The summed E-state index contributed by atoms with van der Waals surface area (Å²) in [6, 6.07) is 7.70. The minimum Gasteiger partial charge on any atom is -0.497 e. The van der Waals surface area contributed by atoms with Gasteiger partial charge in [-0.15, -0.1) is 0 Å². The number of carbonyl (C=O) groups excluding carboxylic acids is 1. The second-order valence-electron chi connectivity index (χ2n) is 5.05. The average molecular weight is 287 g/mol. The van der Waals surface area contributed by atoms with Crippen LogP contribution in [0.2, 0.25) is 0 Å². The predicted octanol–water partition coefficient (Wildman–Crippen LogP) is 2.25. The lowest BCUT2D eigenvalue weighted by molar-refractivity contribution is -0.127. The Labute approximate surface area is 125 Å². The second-order valence-corrected chi connectivity index (χ2v) is 5.05.